The standard InChI is InChI=1S/C15H20N4O/c1-10-5-6-11(2)13(8-10)19-15(12(9-16)17-18-19)14-4-3-7-20-14/h5-6,8,14H,3-4,7,9,16H2,1-2H3. The number of nitrogens with two attached hydrogens (primary N) is 1. The molecule has 1 atom stereocenters. The zero-order chi connectivity index (χ0) is 14.1. The molecule has 1 aliphatic rings. The van der Waals surface area contributed by atoms with Gasteiger partial charge in [0, 0.05) is 13.2 Å². The van der Waals surface area contributed by atoms with Crippen LogP contribution in [0.1, 0.15) is 41.5 Å². The summed E-state index contributed by atoms with van der Waals surface area (Å²) in [6, 6.07) is 6.34. The van der Waals surface area contributed by atoms with Crippen molar-refractivity contribution in [3.05, 3.63) is 40.7 Å². The molecule has 0 amide bonds. The van der Waals surface area contributed by atoms with Gasteiger partial charge in [0.05, 0.1) is 11.4 Å². The molecule has 0 radical (unpaired) electrons. The Hall–Kier alpha value is -1.72. The van der Waals surface area contributed by atoms with Gasteiger partial charge in [-0.15, -0.1) is 5.10 Å². The molecule has 20 heavy (non-hydrogen) atoms. The zero-order valence-corrected chi connectivity index (χ0v) is 12.0. The summed E-state index contributed by atoms with van der Waals surface area (Å²) in [7, 11) is 0. The fourth-order valence-corrected chi connectivity index (χ4v) is 2.71. The lowest BCUT2D eigenvalue weighted by atomic mass is 10.1. The molecule has 1 fully saturated rings. The quantitative estimate of drug-likeness (QED) is 0.930. The van der Waals surface area contributed by atoms with Crippen LogP contribution in [0, 0.1) is 13.8 Å². The van der Waals surface area contributed by atoms with Crippen LogP contribution in [0.3, 0.4) is 0 Å². The van der Waals surface area contributed by atoms with E-state index in [9.17, 15) is 0 Å². The van der Waals surface area contributed by atoms with Gasteiger partial charge in [-0.3, -0.25) is 0 Å². The van der Waals surface area contributed by atoms with Gasteiger partial charge >= 0.3 is 0 Å². The third-order valence-electron chi connectivity index (χ3n) is 3.80. The average molecular weight is 272 g/mol. The van der Waals surface area contributed by atoms with E-state index in [-0.39, 0.29) is 6.10 Å². The average Bonchev–Trinajstić information content (AvgIpc) is 3.08. The Labute approximate surface area is 118 Å². The fraction of sp³-hybridized carbons (Fsp3) is 0.467. The Bertz CT molecular complexity index is 614. The van der Waals surface area contributed by atoms with Gasteiger partial charge in [0.1, 0.15) is 11.8 Å². The molecule has 106 valence electrons. The Morgan fingerprint density at radius 2 is 2.25 bits per heavy atom. The molecule has 0 spiro atoms. The number of hydrogen-bond donors (Lipinski definition) is 1. The van der Waals surface area contributed by atoms with Crippen molar-refractivity contribution in [1.82, 2.24) is 15.0 Å². The number of ether oxygens (including phenoxy) is 1. The first-order valence-corrected chi connectivity index (χ1v) is 7.04. The van der Waals surface area contributed by atoms with Gasteiger partial charge in [-0.05, 0) is 43.9 Å². The van der Waals surface area contributed by atoms with Crippen LogP contribution in [-0.4, -0.2) is 21.6 Å². The molecule has 5 heteroatoms. The highest BCUT2D eigenvalue weighted by molar-refractivity contribution is 5.44. The first-order valence-electron chi connectivity index (χ1n) is 7.04. The van der Waals surface area contributed by atoms with E-state index in [1.807, 2.05) is 4.68 Å². The number of aryl methyl sites for hydroxylation is 2. The Kier molecular flexibility index (Phi) is 3.54. The van der Waals surface area contributed by atoms with Crippen molar-refractivity contribution in [3.63, 3.8) is 0 Å². The van der Waals surface area contributed by atoms with Crippen molar-refractivity contribution in [2.75, 3.05) is 6.61 Å². The Balaban J connectivity index is 2.13. The highest BCUT2D eigenvalue weighted by Gasteiger charge is 2.27. The van der Waals surface area contributed by atoms with Gasteiger partial charge in [-0.1, -0.05) is 17.3 Å². The summed E-state index contributed by atoms with van der Waals surface area (Å²) in [5, 5.41) is 8.54. The molecular formula is C15H20N4O. The van der Waals surface area contributed by atoms with Gasteiger partial charge in [0.25, 0.3) is 0 Å². The molecule has 1 unspecified atom stereocenters. The van der Waals surface area contributed by atoms with Crippen LogP contribution >= 0.6 is 0 Å². The third kappa shape index (κ3) is 2.23. The van der Waals surface area contributed by atoms with Crippen LogP contribution in [0.15, 0.2) is 18.2 Å². The maximum Gasteiger partial charge on any atom is 0.103 e. The van der Waals surface area contributed by atoms with Crippen molar-refractivity contribution in [2.24, 2.45) is 5.73 Å². The van der Waals surface area contributed by atoms with Crippen LogP contribution in [0.4, 0.5) is 0 Å². The lowest BCUT2D eigenvalue weighted by Gasteiger charge is -2.15. The maximum absolute atomic E-state index is 5.82. The van der Waals surface area contributed by atoms with Gasteiger partial charge in [-0.25, -0.2) is 4.68 Å². The number of hydrogen-bond acceptors (Lipinski definition) is 4. The molecule has 0 bridgehead atoms. The van der Waals surface area contributed by atoms with Crippen molar-refractivity contribution >= 4 is 0 Å². The second-order valence-electron chi connectivity index (χ2n) is 5.33. The molecule has 2 N–H and O–H groups in total. The van der Waals surface area contributed by atoms with Crippen molar-refractivity contribution in [1.29, 1.82) is 0 Å². The molecule has 1 saturated heterocycles. The monoisotopic (exact) mass is 272 g/mol. The zero-order valence-electron chi connectivity index (χ0n) is 12.0. The summed E-state index contributed by atoms with van der Waals surface area (Å²) in [5.41, 5.74) is 11.1. The Morgan fingerprint density at radius 3 is 2.95 bits per heavy atom. The fourth-order valence-electron chi connectivity index (χ4n) is 2.71. The molecule has 1 aliphatic heterocycles. The van der Waals surface area contributed by atoms with E-state index in [2.05, 4.69) is 42.4 Å². The highest BCUT2D eigenvalue weighted by atomic mass is 16.5. The lowest BCUT2D eigenvalue weighted by molar-refractivity contribution is 0.106. The van der Waals surface area contributed by atoms with Crippen LogP contribution in [0.2, 0.25) is 0 Å². The first kappa shape index (κ1) is 13.3. The third-order valence-corrected chi connectivity index (χ3v) is 3.80. The van der Waals surface area contributed by atoms with E-state index in [4.69, 9.17) is 10.5 Å². The minimum absolute atomic E-state index is 0.0588. The normalized spacial score (nSPS) is 18.6. The predicted octanol–water partition coefficient (Wildman–Crippen LogP) is 2.19. The van der Waals surface area contributed by atoms with Crippen molar-refractivity contribution in [2.45, 2.75) is 39.3 Å². The Morgan fingerprint density at radius 1 is 1.40 bits per heavy atom. The summed E-state index contributed by atoms with van der Waals surface area (Å²) >= 11 is 0. The molecule has 3 rings (SSSR count). The maximum atomic E-state index is 5.82. The topological polar surface area (TPSA) is 66.0 Å². The van der Waals surface area contributed by atoms with Crippen LogP contribution < -0.4 is 5.73 Å². The second kappa shape index (κ2) is 5.34. The summed E-state index contributed by atoms with van der Waals surface area (Å²) in [5.74, 6) is 0. The molecule has 0 saturated carbocycles. The second-order valence-corrected chi connectivity index (χ2v) is 5.33. The summed E-state index contributed by atoms with van der Waals surface area (Å²) in [4.78, 5) is 0. The van der Waals surface area contributed by atoms with Crippen molar-refractivity contribution in [3.8, 4) is 5.69 Å². The van der Waals surface area contributed by atoms with Gasteiger partial charge in [0.15, 0.2) is 0 Å². The lowest BCUT2D eigenvalue weighted by Crippen LogP contribution is -2.11. The summed E-state index contributed by atoms with van der Waals surface area (Å²) in [6.07, 6.45) is 2.14. The van der Waals surface area contributed by atoms with Crippen LogP contribution in [0.25, 0.3) is 5.69 Å². The van der Waals surface area contributed by atoms with E-state index >= 15 is 0 Å². The highest BCUT2D eigenvalue weighted by Crippen LogP contribution is 2.32. The predicted molar refractivity (Wildman–Crippen MR) is 76.7 cm³/mol. The molecule has 2 heterocycles. The molecule has 1 aromatic heterocycles. The largest absolute Gasteiger partial charge is 0.372 e. The van der Waals surface area contributed by atoms with E-state index < -0.39 is 0 Å². The van der Waals surface area contributed by atoms with E-state index in [0.29, 0.717) is 6.54 Å². The minimum atomic E-state index is 0.0588. The number of nitrogens with zero attached hydrogens (tertiary/aromatic N) is 3. The first-order chi connectivity index (χ1) is 9.70. The molecule has 0 aliphatic carbocycles. The molecule has 1 aromatic carbocycles. The van der Waals surface area contributed by atoms with Crippen LogP contribution in [-0.2, 0) is 11.3 Å². The minimum Gasteiger partial charge on any atom is -0.372 e. The number of benzene rings is 1. The van der Waals surface area contributed by atoms with E-state index in [1.54, 1.807) is 0 Å². The summed E-state index contributed by atoms with van der Waals surface area (Å²) < 4.78 is 7.72. The number of aromatic nitrogens is 3. The SMILES string of the molecule is Cc1ccc(C)c(-n2nnc(CN)c2C2CCCO2)c1. The molecule has 2 aromatic rings. The van der Waals surface area contributed by atoms with E-state index in [0.717, 1.165) is 36.5 Å². The summed E-state index contributed by atoms with van der Waals surface area (Å²) in [6.45, 7) is 5.35. The number of rotatable bonds is 3. The molecular weight excluding hydrogens is 252 g/mol. The molecule has 5 nitrogen and oxygen atoms in total. The van der Waals surface area contributed by atoms with Gasteiger partial charge in [-0.2, -0.15) is 0 Å². The van der Waals surface area contributed by atoms with E-state index in [1.165, 1.54) is 11.1 Å². The van der Waals surface area contributed by atoms with Crippen LogP contribution in [0.5, 0.6) is 0 Å². The van der Waals surface area contributed by atoms with Crippen molar-refractivity contribution < 1.29 is 4.74 Å². The van der Waals surface area contributed by atoms with Gasteiger partial charge < -0.3 is 10.5 Å². The van der Waals surface area contributed by atoms with Gasteiger partial charge in [0.2, 0.25) is 0 Å². The smallest absolute Gasteiger partial charge is 0.103 e.